The molecule has 2 rings (SSSR count). The van der Waals surface area contributed by atoms with Crippen LogP contribution in [0.1, 0.15) is 67.2 Å². The number of H-pyrrole nitrogens is 1. The van der Waals surface area contributed by atoms with E-state index in [-0.39, 0.29) is 11.3 Å². The van der Waals surface area contributed by atoms with E-state index in [2.05, 4.69) is 57.1 Å². The maximum absolute atomic E-state index is 12.9. The molecule has 0 fully saturated rings. The first kappa shape index (κ1) is 25.6. The molecule has 5 nitrogen and oxygen atoms in total. The highest BCUT2D eigenvalue weighted by Crippen LogP contribution is 2.33. The Balaban J connectivity index is 2.31. The van der Waals surface area contributed by atoms with Gasteiger partial charge in [0.2, 0.25) is 5.75 Å². The van der Waals surface area contributed by atoms with E-state index >= 15 is 0 Å². The van der Waals surface area contributed by atoms with E-state index < -0.39 is 0 Å². The predicted octanol–water partition coefficient (Wildman–Crippen LogP) is 6.85. The third-order valence-corrected chi connectivity index (χ3v) is 5.35. The SMILES string of the molecule is CCCC(C)COc1c(OCC=C(C)CCC=C(C)C)c2ccc(NCC)cc2[nH]c1=O. The van der Waals surface area contributed by atoms with Gasteiger partial charge < -0.3 is 19.8 Å². The van der Waals surface area contributed by atoms with Gasteiger partial charge in [0.1, 0.15) is 6.61 Å². The smallest absolute Gasteiger partial charge is 0.294 e. The Bertz CT molecular complexity index is 984. The second kappa shape index (κ2) is 13.0. The number of pyridine rings is 1. The Hall–Kier alpha value is -2.69. The minimum Gasteiger partial charge on any atom is -0.485 e. The first-order valence-electron chi connectivity index (χ1n) is 11.8. The zero-order valence-corrected chi connectivity index (χ0v) is 20.6. The van der Waals surface area contributed by atoms with E-state index in [0.29, 0.717) is 24.9 Å². The number of hydrogen-bond acceptors (Lipinski definition) is 4. The standard InChI is InChI=1S/C27H40N2O3/c1-7-10-21(6)18-32-26-25(31-16-15-20(5)12-9-11-19(3)4)23-14-13-22(28-8-2)17-24(23)29-27(26)30/h11,13-15,17,21,28H,7-10,12,16,18H2,1-6H3,(H,29,30). The molecular formula is C27H40N2O3. The number of benzene rings is 1. The molecule has 1 aromatic carbocycles. The molecule has 5 heteroatoms. The maximum atomic E-state index is 12.9. The molecule has 1 aromatic heterocycles. The highest BCUT2D eigenvalue weighted by Gasteiger charge is 2.17. The summed E-state index contributed by atoms with van der Waals surface area (Å²) in [6.07, 6.45) is 8.49. The minimum atomic E-state index is -0.255. The molecule has 0 radical (unpaired) electrons. The van der Waals surface area contributed by atoms with Crippen molar-refractivity contribution in [2.24, 2.45) is 5.92 Å². The quantitative estimate of drug-likeness (QED) is 0.334. The van der Waals surface area contributed by atoms with E-state index in [1.807, 2.05) is 25.1 Å². The van der Waals surface area contributed by atoms with Gasteiger partial charge in [-0.2, -0.15) is 0 Å². The Morgan fingerprint density at radius 3 is 2.59 bits per heavy atom. The van der Waals surface area contributed by atoms with Crippen LogP contribution in [0.2, 0.25) is 0 Å². The average Bonchev–Trinajstić information content (AvgIpc) is 2.73. The number of aromatic nitrogens is 1. The fraction of sp³-hybridized carbons (Fsp3) is 0.519. The third-order valence-electron chi connectivity index (χ3n) is 5.35. The van der Waals surface area contributed by atoms with Gasteiger partial charge in [-0.25, -0.2) is 0 Å². The molecule has 0 saturated carbocycles. The van der Waals surface area contributed by atoms with Crippen LogP contribution in [0.4, 0.5) is 5.69 Å². The van der Waals surface area contributed by atoms with Crippen molar-refractivity contribution < 1.29 is 9.47 Å². The van der Waals surface area contributed by atoms with Gasteiger partial charge in [0.05, 0.1) is 12.1 Å². The summed E-state index contributed by atoms with van der Waals surface area (Å²) in [7, 11) is 0. The molecule has 0 saturated heterocycles. The molecule has 1 unspecified atom stereocenters. The summed E-state index contributed by atoms with van der Waals surface area (Å²) in [6, 6.07) is 5.92. The van der Waals surface area contributed by atoms with Crippen LogP contribution in [0.25, 0.3) is 10.9 Å². The summed E-state index contributed by atoms with van der Waals surface area (Å²) >= 11 is 0. The number of anilines is 1. The van der Waals surface area contributed by atoms with Crippen LogP contribution in [-0.2, 0) is 0 Å². The van der Waals surface area contributed by atoms with Gasteiger partial charge in [0, 0.05) is 17.6 Å². The van der Waals surface area contributed by atoms with E-state index in [0.717, 1.165) is 48.8 Å². The van der Waals surface area contributed by atoms with E-state index in [1.165, 1.54) is 11.1 Å². The van der Waals surface area contributed by atoms with Crippen LogP contribution in [0, 0.1) is 5.92 Å². The predicted molar refractivity (Wildman–Crippen MR) is 136 cm³/mol. The van der Waals surface area contributed by atoms with Crippen molar-refractivity contribution >= 4 is 16.6 Å². The molecule has 0 aliphatic carbocycles. The largest absolute Gasteiger partial charge is 0.485 e. The molecule has 176 valence electrons. The molecule has 2 aromatic rings. The van der Waals surface area contributed by atoms with Gasteiger partial charge in [-0.05, 0) is 77.2 Å². The second-order valence-corrected chi connectivity index (χ2v) is 8.79. The summed E-state index contributed by atoms with van der Waals surface area (Å²) in [4.78, 5) is 15.9. The van der Waals surface area contributed by atoms with Gasteiger partial charge in [-0.15, -0.1) is 0 Å². The Morgan fingerprint density at radius 2 is 1.91 bits per heavy atom. The van der Waals surface area contributed by atoms with Crippen molar-refractivity contribution in [2.45, 2.75) is 67.2 Å². The van der Waals surface area contributed by atoms with Gasteiger partial charge in [-0.3, -0.25) is 4.79 Å². The zero-order chi connectivity index (χ0) is 23.5. The summed E-state index contributed by atoms with van der Waals surface area (Å²) in [5, 5.41) is 4.13. The summed E-state index contributed by atoms with van der Waals surface area (Å²) in [5.41, 5.74) is 4.04. The number of fused-ring (bicyclic) bond motifs is 1. The maximum Gasteiger partial charge on any atom is 0.294 e. The van der Waals surface area contributed by atoms with Crippen LogP contribution in [0.3, 0.4) is 0 Å². The lowest BCUT2D eigenvalue weighted by atomic mass is 10.1. The summed E-state index contributed by atoms with van der Waals surface area (Å²) in [5.74, 6) is 1.16. The molecule has 0 amide bonds. The molecular weight excluding hydrogens is 400 g/mol. The molecule has 0 aliphatic rings. The number of aromatic amines is 1. The molecule has 1 atom stereocenters. The van der Waals surface area contributed by atoms with Crippen molar-refractivity contribution in [3.8, 4) is 11.5 Å². The molecule has 0 spiro atoms. The lowest BCUT2D eigenvalue weighted by Gasteiger charge is -2.17. The lowest BCUT2D eigenvalue weighted by Crippen LogP contribution is -2.17. The van der Waals surface area contributed by atoms with E-state index in [4.69, 9.17) is 9.47 Å². The average molecular weight is 441 g/mol. The van der Waals surface area contributed by atoms with Crippen LogP contribution >= 0.6 is 0 Å². The topological polar surface area (TPSA) is 63.4 Å². The van der Waals surface area contributed by atoms with Gasteiger partial charge >= 0.3 is 0 Å². The molecule has 0 aliphatic heterocycles. The summed E-state index contributed by atoms with van der Waals surface area (Å²) < 4.78 is 12.2. The first-order valence-corrected chi connectivity index (χ1v) is 11.8. The van der Waals surface area contributed by atoms with Gasteiger partial charge in [-0.1, -0.05) is 37.5 Å². The third kappa shape index (κ3) is 7.77. The fourth-order valence-electron chi connectivity index (χ4n) is 3.60. The molecule has 1 heterocycles. The van der Waals surface area contributed by atoms with Crippen LogP contribution in [0.15, 0.2) is 46.3 Å². The molecule has 32 heavy (non-hydrogen) atoms. The number of ether oxygens (including phenoxy) is 2. The Morgan fingerprint density at radius 1 is 1.12 bits per heavy atom. The first-order chi connectivity index (χ1) is 15.3. The number of allylic oxidation sites excluding steroid dienone is 3. The van der Waals surface area contributed by atoms with Crippen molar-refractivity contribution in [3.63, 3.8) is 0 Å². The zero-order valence-electron chi connectivity index (χ0n) is 20.6. The highest BCUT2D eigenvalue weighted by molar-refractivity contribution is 5.89. The van der Waals surface area contributed by atoms with Gasteiger partial charge in [0.25, 0.3) is 5.56 Å². The fourth-order valence-corrected chi connectivity index (χ4v) is 3.60. The van der Waals surface area contributed by atoms with Crippen LogP contribution < -0.4 is 20.3 Å². The van der Waals surface area contributed by atoms with Gasteiger partial charge in [0.15, 0.2) is 5.75 Å². The molecule has 2 N–H and O–H groups in total. The monoisotopic (exact) mass is 440 g/mol. The van der Waals surface area contributed by atoms with Crippen LogP contribution in [-0.4, -0.2) is 24.7 Å². The highest BCUT2D eigenvalue weighted by atomic mass is 16.5. The van der Waals surface area contributed by atoms with Crippen molar-refractivity contribution in [1.82, 2.24) is 4.98 Å². The minimum absolute atomic E-state index is 0.255. The van der Waals surface area contributed by atoms with E-state index in [9.17, 15) is 4.79 Å². The summed E-state index contributed by atoms with van der Waals surface area (Å²) in [6.45, 7) is 14.4. The van der Waals surface area contributed by atoms with Crippen LogP contribution in [0.5, 0.6) is 11.5 Å². The van der Waals surface area contributed by atoms with Crippen molar-refractivity contribution in [2.75, 3.05) is 25.1 Å². The normalized spacial score (nSPS) is 12.5. The number of rotatable bonds is 13. The lowest BCUT2D eigenvalue weighted by molar-refractivity contribution is 0.234. The molecule has 0 bridgehead atoms. The number of nitrogens with one attached hydrogen (secondary N) is 2. The van der Waals surface area contributed by atoms with Crippen molar-refractivity contribution in [3.05, 3.63) is 51.9 Å². The number of hydrogen-bond donors (Lipinski definition) is 2. The van der Waals surface area contributed by atoms with Crippen molar-refractivity contribution in [1.29, 1.82) is 0 Å². The van der Waals surface area contributed by atoms with E-state index in [1.54, 1.807) is 0 Å². The Kier molecular flexibility index (Phi) is 10.4. The Labute approximate surface area is 192 Å². The second-order valence-electron chi connectivity index (χ2n) is 8.79.